The fourth-order valence-electron chi connectivity index (χ4n) is 3.06. The Kier molecular flexibility index (Phi) is 7.14. The van der Waals surface area contributed by atoms with E-state index in [4.69, 9.17) is 10.5 Å². The molecule has 0 atom stereocenters. The highest BCUT2D eigenvalue weighted by Gasteiger charge is 2.21. The number of aryl methyl sites for hydroxylation is 1. The van der Waals surface area contributed by atoms with Crippen LogP contribution in [-0.4, -0.2) is 37.6 Å². The highest BCUT2D eigenvalue weighted by atomic mass is 16.5. The third kappa shape index (κ3) is 5.71. The van der Waals surface area contributed by atoms with E-state index < -0.39 is 0 Å². The number of nitrogens with two attached hydrogens (primary N) is 1. The Labute approximate surface area is 139 Å². The first kappa shape index (κ1) is 17.5. The minimum absolute atomic E-state index is 0.0797. The topological polar surface area (TPSA) is 55.6 Å². The van der Waals surface area contributed by atoms with Crippen molar-refractivity contribution >= 4 is 5.91 Å². The van der Waals surface area contributed by atoms with Crippen LogP contribution in [0, 0.1) is 5.92 Å². The molecule has 0 spiro atoms. The Morgan fingerprint density at radius 3 is 2.74 bits per heavy atom. The van der Waals surface area contributed by atoms with Crippen LogP contribution < -0.4 is 10.5 Å². The van der Waals surface area contributed by atoms with Gasteiger partial charge in [-0.2, -0.15) is 0 Å². The van der Waals surface area contributed by atoms with Gasteiger partial charge in [-0.3, -0.25) is 9.69 Å². The first-order valence-electron chi connectivity index (χ1n) is 8.49. The molecule has 4 heteroatoms. The Hall–Kier alpha value is -1.81. The zero-order valence-corrected chi connectivity index (χ0v) is 14.0. The van der Waals surface area contributed by atoms with Gasteiger partial charge in [0, 0.05) is 12.5 Å². The quantitative estimate of drug-likeness (QED) is 0.593. The molecule has 1 fully saturated rings. The van der Waals surface area contributed by atoms with Crippen molar-refractivity contribution in [1.29, 1.82) is 0 Å². The molecule has 1 saturated heterocycles. The van der Waals surface area contributed by atoms with Gasteiger partial charge in [0.05, 0.1) is 7.11 Å². The predicted octanol–water partition coefficient (Wildman–Crippen LogP) is 2.77. The van der Waals surface area contributed by atoms with E-state index in [-0.39, 0.29) is 11.8 Å². The molecule has 2 N–H and O–H groups in total. The standard InChI is InChI=1S/C19H28N2O2/c1-23-18-10-6-5-9-16(18)8-4-2-3-7-13-21-14-11-17(12-15-21)19(20)22/h3,5-7,9-10,17H,2,4,8,11-15H2,1H3,(H2,20,22)/b7-3+. The molecule has 1 aromatic carbocycles. The molecule has 0 saturated carbocycles. The van der Waals surface area contributed by atoms with Gasteiger partial charge in [0.25, 0.3) is 0 Å². The molecule has 23 heavy (non-hydrogen) atoms. The molecule has 126 valence electrons. The highest BCUT2D eigenvalue weighted by Crippen LogP contribution is 2.19. The van der Waals surface area contributed by atoms with Crippen LogP contribution in [0.2, 0.25) is 0 Å². The van der Waals surface area contributed by atoms with Crippen LogP contribution in [0.1, 0.15) is 31.2 Å². The summed E-state index contributed by atoms with van der Waals surface area (Å²) in [6, 6.07) is 8.21. The second kappa shape index (κ2) is 9.36. The molecule has 1 aromatic rings. The van der Waals surface area contributed by atoms with Crippen LogP contribution in [0.25, 0.3) is 0 Å². The number of amides is 1. The Morgan fingerprint density at radius 1 is 1.30 bits per heavy atom. The fraction of sp³-hybridized carbons (Fsp3) is 0.526. The third-order valence-corrected chi connectivity index (χ3v) is 4.53. The van der Waals surface area contributed by atoms with Crippen molar-refractivity contribution in [3.63, 3.8) is 0 Å². The number of piperidine rings is 1. The van der Waals surface area contributed by atoms with Gasteiger partial charge in [-0.25, -0.2) is 0 Å². The van der Waals surface area contributed by atoms with Gasteiger partial charge >= 0.3 is 0 Å². The summed E-state index contributed by atoms with van der Waals surface area (Å²) in [4.78, 5) is 13.5. The number of rotatable bonds is 8. The number of ether oxygens (including phenoxy) is 1. The summed E-state index contributed by atoms with van der Waals surface area (Å²) in [7, 11) is 1.72. The summed E-state index contributed by atoms with van der Waals surface area (Å²) in [5, 5.41) is 0. The number of para-hydroxylation sites is 1. The van der Waals surface area contributed by atoms with Crippen molar-refractivity contribution in [1.82, 2.24) is 4.90 Å². The van der Waals surface area contributed by atoms with E-state index in [0.29, 0.717) is 0 Å². The van der Waals surface area contributed by atoms with Gasteiger partial charge < -0.3 is 10.5 Å². The smallest absolute Gasteiger partial charge is 0.220 e. The lowest BCUT2D eigenvalue weighted by Gasteiger charge is -2.29. The molecule has 1 aliphatic rings. The molecule has 0 unspecified atom stereocenters. The molecule has 1 aliphatic heterocycles. The number of unbranched alkanes of at least 4 members (excludes halogenated alkanes) is 1. The van der Waals surface area contributed by atoms with Gasteiger partial charge in [0.2, 0.25) is 5.91 Å². The molecule has 0 aromatic heterocycles. The number of hydrogen-bond acceptors (Lipinski definition) is 3. The lowest BCUT2D eigenvalue weighted by molar-refractivity contribution is -0.123. The van der Waals surface area contributed by atoms with Gasteiger partial charge in [0.15, 0.2) is 0 Å². The van der Waals surface area contributed by atoms with Gasteiger partial charge in [-0.05, 0) is 56.8 Å². The molecular weight excluding hydrogens is 288 g/mol. The summed E-state index contributed by atoms with van der Waals surface area (Å²) in [5.74, 6) is 0.918. The number of carbonyl (C=O) groups is 1. The summed E-state index contributed by atoms with van der Waals surface area (Å²) < 4.78 is 5.37. The number of benzene rings is 1. The second-order valence-electron chi connectivity index (χ2n) is 6.15. The molecular formula is C19H28N2O2. The molecule has 0 radical (unpaired) electrons. The molecule has 1 amide bonds. The van der Waals surface area contributed by atoms with Gasteiger partial charge in [-0.1, -0.05) is 30.4 Å². The zero-order chi connectivity index (χ0) is 16.5. The van der Waals surface area contributed by atoms with Crippen LogP contribution in [0.4, 0.5) is 0 Å². The molecule has 4 nitrogen and oxygen atoms in total. The molecule has 2 rings (SSSR count). The van der Waals surface area contributed by atoms with Crippen molar-refractivity contribution in [2.24, 2.45) is 11.7 Å². The largest absolute Gasteiger partial charge is 0.496 e. The third-order valence-electron chi connectivity index (χ3n) is 4.53. The van der Waals surface area contributed by atoms with Crippen molar-refractivity contribution < 1.29 is 9.53 Å². The van der Waals surface area contributed by atoms with Crippen molar-refractivity contribution in [2.75, 3.05) is 26.7 Å². The first-order chi connectivity index (χ1) is 11.2. The maximum atomic E-state index is 11.1. The number of primary amides is 1. The Bertz CT molecular complexity index is 520. The SMILES string of the molecule is COc1ccccc1CCC/C=C/CN1CCC(C(N)=O)CC1. The van der Waals surface area contributed by atoms with Crippen LogP contribution >= 0.6 is 0 Å². The lowest BCUT2D eigenvalue weighted by Crippen LogP contribution is -2.38. The molecule has 0 aliphatic carbocycles. The average Bonchev–Trinajstić information content (AvgIpc) is 2.58. The second-order valence-corrected chi connectivity index (χ2v) is 6.15. The Balaban J connectivity index is 1.61. The lowest BCUT2D eigenvalue weighted by atomic mass is 9.96. The minimum atomic E-state index is -0.142. The number of likely N-dealkylation sites (tertiary alicyclic amines) is 1. The van der Waals surface area contributed by atoms with E-state index in [1.807, 2.05) is 12.1 Å². The average molecular weight is 316 g/mol. The maximum absolute atomic E-state index is 11.1. The summed E-state index contributed by atoms with van der Waals surface area (Å²) in [6.45, 7) is 2.92. The predicted molar refractivity (Wildman–Crippen MR) is 93.4 cm³/mol. The van der Waals surface area contributed by atoms with E-state index in [0.717, 1.165) is 57.5 Å². The van der Waals surface area contributed by atoms with E-state index in [1.165, 1.54) is 5.56 Å². The normalized spacial score (nSPS) is 16.7. The van der Waals surface area contributed by atoms with Crippen LogP contribution in [0.15, 0.2) is 36.4 Å². The van der Waals surface area contributed by atoms with Crippen molar-refractivity contribution in [3.8, 4) is 5.75 Å². The van der Waals surface area contributed by atoms with Gasteiger partial charge in [0.1, 0.15) is 5.75 Å². The number of nitrogens with zero attached hydrogens (tertiary/aromatic N) is 1. The van der Waals surface area contributed by atoms with E-state index in [2.05, 4.69) is 29.2 Å². The summed E-state index contributed by atoms with van der Waals surface area (Å²) in [5.41, 5.74) is 6.63. The van der Waals surface area contributed by atoms with Crippen molar-refractivity contribution in [2.45, 2.75) is 32.1 Å². The van der Waals surface area contributed by atoms with Crippen LogP contribution in [0.3, 0.4) is 0 Å². The summed E-state index contributed by atoms with van der Waals surface area (Å²) >= 11 is 0. The zero-order valence-electron chi connectivity index (χ0n) is 14.0. The van der Waals surface area contributed by atoms with Crippen LogP contribution in [0.5, 0.6) is 5.75 Å². The monoisotopic (exact) mass is 316 g/mol. The van der Waals surface area contributed by atoms with Crippen molar-refractivity contribution in [3.05, 3.63) is 42.0 Å². The van der Waals surface area contributed by atoms with Gasteiger partial charge in [-0.15, -0.1) is 0 Å². The van der Waals surface area contributed by atoms with Crippen LogP contribution in [-0.2, 0) is 11.2 Å². The molecule has 0 bridgehead atoms. The highest BCUT2D eigenvalue weighted by molar-refractivity contribution is 5.76. The number of methoxy groups -OCH3 is 1. The van der Waals surface area contributed by atoms with E-state index in [9.17, 15) is 4.79 Å². The first-order valence-corrected chi connectivity index (χ1v) is 8.49. The number of allylic oxidation sites excluding steroid dienone is 1. The summed E-state index contributed by atoms with van der Waals surface area (Å²) in [6.07, 6.45) is 9.55. The maximum Gasteiger partial charge on any atom is 0.220 e. The Morgan fingerprint density at radius 2 is 2.04 bits per heavy atom. The molecule has 1 heterocycles. The number of carbonyl (C=O) groups excluding carboxylic acids is 1. The minimum Gasteiger partial charge on any atom is -0.496 e. The number of hydrogen-bond donors (Lipinski definition) is 1. The van der Waals surface area contributed by atoms with E-state index >= 15 is 0 Å². The van der Waals surface area contributed by atoms with E-state index in [1.54, 1.807) is 7.11 Å². The fourth-order valence-corrected chi connectivity index (χ4v) is 3.06.